The van der Waals surface area contributed by atoms with Crippen LogP contribution < -0.4 is 5.32 Å². The first kappa shape index (κ1) is 9.34. The molecular formula is C9H16N2OS. The van der Waals surface area contributed by atoms with Crippen LogP contribution in [0.15, 0.2) is 4.99 Å². The number of ether oxygens (including phenoxy) is 1. The molecule has 0 aromatic heterocycles. The molecule has 0 aliphatic carbocycles. The van der Waals surface area contributed by atoms with E-state index in [9.17, 15) is 0 Å². The number of hydrogen-bond donors (Lipinski definition) is 1. The van der Waals surface area contributed by atoms with E-state index >= 15 is 0 Å². The average Bonchev–Trinajstić information content (AvgIpc) is 2.71. The number of thioether (sulfide) groups is 1. The Morgan fingerprint density at radius 2 is 2.62 bits per heavy atom. The van der Waals surface area contributed by atoms with Gasteiger partial charge in [-0.05, 0) is 32.4 Å². The third-order valence-corrected chi connectivity index (χ3v) is 3.49. The molecule has 0 spiro atoms. The van der Waals surface area contributed by atoms with Crippen LogP contribution >= 0.6 is 11.8 Å². The first-order valence-corrected chi connectivity index (χ1v) is 5.87. The van der Waals surface area contributed by atoms with Crippen LogP contribution in [0, 0.1) is 5.92 Å². The van der Waals surface area contributed by atoms with E-state index in [1.807, 2.05) is 0 Å². The highest BCUT2D eigenvalue weighted by Gasteiger charge is 2.19. The van der Waals surface area contributed by atoms with E-state index in [1.165, 1.54) is 13.0 Å². The van der Waals surface area contributed by atoms with Crippen molar-refractivity contribution in [3.8, 4) is 0 Å². The van der Waals surface area contributed by atoms with E-state index in [2.05, 4.69) is 17.2 Å². The molecule has 0 saturated carbocycles. The Labute approximate surface area is 83.3 Å². The predicted octanol–water partition coefficient (Wildman–Crippen LogP) is 1.10. The lowest BCUT2D eigenvalue weighted by Gasteiger charge is -2.06. The Bertz CT molecular complexity index is 202. The predicted molar refractivity (Wildman–Crippen MR) is 56.3 cm³/mol. The third kappa shape index (κ3) is 2.61. The van der Waals surface area contributed by atoms with Crippen LogP contribution in [0.4, 0.5) is 0 Å². The van der Waals surface area contributed by atoms with Crippen molar-refractivity contribution in [2.75, 3.05) is 25.4 Å². The quantitative estimate of drug-likeness (QED) is 0.725. The summed E-state index contributed by atoms with van der Waals surface area (Å²) < 4.78 is 5.42. The van der Waals surface area contributed by atoms with Crippen molar-refractivity contribution >= 4 is 17.0 Å². The first-order chi connectivity index (χ1) is 6.34. The lowest BCUT2D eigenvalue weighted by atomic mass is 10.2. The Kier molecular flexibility index (Phi) is 3.11. The van der Waals surface area contributed by atoms with Gasteiger partial charge in [-0.15, -0.1) is 0 Å². The van der Waals surface area contributed by atoms with Gasteiger partial charge in [-0.2, -0.15) is 0 Å². The largest absolute Gasteiger partial charge is 0.471 e. The molecule has 0 aromatic rings. The van der Waals surface area contributed by atoms with Crippen LogP contribution in [-0.4, -0.2) is 36.7 Å². The Hall–Kier alpha value is -0.220. The maximum Gasteiger partial charge on any atom is 0.246 e. The Morgan fingerprint density at radius 1 is 1.69 bits per heavy atom. The summed E-state index contributed by atoms with van der Waals surface area (Å²) in [6.07, 6.45) is 1.30. The molecule has 0 bridgehead atoms. The van der Waals surface area contributed by atoms with Gasteiger partial charge in [0.15, 0.2) is 0 Å². The first-order valence-electron chi connectivity index (χ1n) is 4.88. The Morgan fingerprint density at radius 3 is 3.23 bits per heavy atom. The minimum Gasteiger partial charge on any atom is -0.471 e. The van der Waals surface area contributed by atoms with Crippen molar-refractivity contribution in [3.63, 3.8) is 0 Å². The molecule has 2 aliphatic heterocycles. The van der Waals surface area contributed by atoms with Gasteiger partial charge < -0.3 is 10.1 Å². The van der Waals surface area contributed by atoms with E-state index in [-0.39, 0.29) is 0 Å². The van der Waals surface area contributed by atoms with Gasteiger partial charge in [0.25, 0.3) is 0 Å². The Balaban J connectivity index is 1.70. The molecule has 2 aliphatic rings. The van der Waals surface area contributed by atoms with Crippen molar-refractivity contribution in [1.82, 2.24) is 5.32 Å². The molecule has 2 heterocycles. The summed E-state index contributed by atoms with van der Waals surface area (Å²) in [5.41, 5.74) is 0. The summed E-state index contributed by atoms with van der Waals surface area (Å²) in [6, 6.07) is 0.365. The van der Waals surface area contributed by atoms with Gasteiger partial charge in [-0.3, -0.25) is 0 Å². The SMILES string of the molecule is CC1COC(SCC2CCNC2)=N1. The van der Waals surface area contributed by atoms with E-state index < -0.39 is 0 Å². The topological polar surface area (TPSA) is 33.6 Å². The van der Waals surface area contributed by atoms with Crippen LogP contribution in [0.5, 0.6) is 0 Å². The van der Waals surface area contributed by atoms with Crippen LogP contribution in [0.25, 0.3) is 0 Å². The van der Waals surface area contributed by atoms with Crippen LogP contribution in [-0.2, 0) is 4.74 Å². The van der Waals surface area contributed by atoms with E-state index in [0.717, 1.165) is 30.1 Å². The lowest BCUT2D eigenvalue weighted by Crippen LogP contribution is -2.11. The summed E-state index contributed by atoms with van der Waals surface area (Å²) in [7, 11) is 0. The standard InChI is InChI=1S/C9H16N2OS/c1-7-5-12-9(11-7)13-6-8-2-3-10-4-8/h7-8,10H,2-6H2,1H3. The van der Waals surface area contributed by atoms with Crippen LogP contribution in [0.3, 0.4) is 0 Å². The number of nitrogens with zero attached hydrogens (tertiary/aromatic N) is 1. The fraction of sp³-hybridized carbons (Fsp3) is 0.889. The lowest BCUT2D eigenvalue weighted by molar-refractivity contribution is 0.331. The molecule has 1 fully saturated rings. The highest BCUT2D eigenvalue weighted by molar-refractivity contribution is 8.13. The zero-order chi connectivity index (χ0) is 9.10. The summed E-state index contributed by atoms with van der Waals surface area (Å²) >= 11 is 1.77. The average molecular weight is 200 g/mol. The minimum atomic E-state index is 0.365. The molecule has 4 heteroatoms. The molecule has 0 radical (unpaired) electrons. The van der Waals surface area contributed by atoms with Crippen LogP contribution in [0.1, 0.15) is 13.3 Å². The van der Waals surface area contributed by atoms with Gasteiger partial charge in [0, 0.05) is 5.75 Å². The zero-order valence-corrected chi connectivity index (χ0v) is 8.77. The van der Waals surface area contributed by atoms with E-state index in [4.69, 9.17) is 4.74 Å². The smallest absolute Gasteiger partial charge is 0.246 e. The molecule has 2 unspecified atom stereocenters. The molecule has 0 amide bonds. The van der Waals surface area contributed by atoms with Crippen molar-refractivity contribution in [1.29, 1.82) is 0 Å². The molecule has 3 nitrogen and oxygen atoms in total. The molecule has 74 valence electrons. The van der Waals surface area contributed by atoms with E-state index in [1.54, 1.807) is 11.8 Å². The van der Waals surface area contributed by atoms with Crippen molar-refractivity contribution in [3.05, 3.63) is 0 Å². The normalized spacial score (nSPS) is 33.2. The van der Waals surface area contributed by atoms with Gasteiger partial charge in [0.05, 0.1) is 6.04 Å². The number of aliphatic imine (C=N–C) groups is 1. The van der Waals surface area contributed by atoms with Gasteiger partial charge in [-0.1, -0.05) is 11.8 Å². The molecule has 1 N–H and O–H groups in total. The van der Waals surface area contributed by atoms with Crippen molar-refractivity contribution in [2.24, 2.45) is 10.9 Å². The molecule has 13 heavy (non-hydrogen) atoms. The van der Waals surface area contributed by atoms with Crippen LogP contribution in [0.2, 0.25) is 0 Å². The fourth-order valence-corrected chi connectivity index (χ4v) is 2.64. The summed E-state index contributed by atoms with van der Waals surface area (Å²) in [4.78, 5) is 4.39. The third-order valence-electron chi connectivity index (χ3n) is 2.38. The van der Waals surface area contributed by atoms with Crippen molar-refractivity contribution < 1.29 is 4.74 Å². The molecule has 1 saturated heterocycles. The van der Waals surface area contributed by atoms with Crippen molar-refractivity contribution in [2.45, 2.75) is 19.4 Å². The molecule has 2 rings (SSSR count). The highest BCUT2D eigenvalue weighted by atomic mass is 32.2. The number of rotatable bonds is 2. The summed E-state index contributed by atoms with van der Waals surface area (Å²) in [5, 5.41) is 4.26. The zero-order valence-electron chi connectivity index (χ0n) is 7.95. The number of hydrogen-bond acceptors (Lipinski definition) is 4. The fourth-order valence-electron chi connectivity index (χ4n) is 1.57. The number of nitrogens with one attached hydrogen (secondary N) is 1. The van der Waals surface area contributed by atoms with E-state index in [0.29, 0.717) is 6.04 Å². The minimum absolute atomic E-state index is 0.365. The molecular weight excluding hydrogens is 184 g/mol. The van der Waals surface area contributed by atoms with Gasteiger partial charge >= 0.3 is 0 Å². The van der Waals surface area contributed by atoms with Gasteiger partial charge in [0.2, 0.25) is 5.23 Å². The monoisotopic (exact) mass is 200 g/mol. The molecule has 2 atom stereocenters. The van der Waals surface area contributed by atoms with Gasteiger partial charge in [-0.25, -0.2) is 4.99 Å². The molecule has 0 aromatic carbocycles. The van der Waals surface area contributed by atoms with Gasteiger partial charge in [0.1, 0.15) is 6.61 Å². The summed E-state index contributed by atoms with van der Waals surface area (Å²) in [6.45, 7) is 5.20. The second kappa shape index (κ2) is 4.33. The maximum atomic E-state index is 5.42. The highest BCUT2D eigenvalue weighted by Crippen LogP contribution is 2.20. The second-order valence-electron chi connectivity index (χ2n) is 3.72. The summed E-state index contributed by atoms with van der Waals surface area (Å²) in [5.74, 6) is 1.96. The second-order valence-corrected chi connectivity index (χ2v) is 4.70. The maximum absolute atomic E-state index is 5.42.